The standard InChI is InChI=1S/C18H18ClN5OS/c1-2-26-18-21-17(23-24-18)22-20-11-13-7-4-6-10-16(13)25-12-14-8-3-5-9-15(14)19/h3-11H,2,12H2,1H3,(H2,21,22,23,24). The predicted molar refractivity (Wildman–Crippen MR) is 106 cm³/mol. The molecular formula is C18H18ClN5OS. The molecule has 1 heterocycles. The molecule has 0 saturated carbocycles. The van der Waals surface area contributed by atoms with Gasteiger partial charge < -0.3 is 4.74 Å². The Morgan fingerprint density at radius 3 is 2.88 bits per heavy atom. The number of anilines is 1. The monoisotopic (exact) mass is 387 g/mol. The van der Waals surface area contributed by atoms with E-state index in [1.54, 1.807) is 18.0 Å². The molecule has 0 fully saturated rings. The van der Waals surface area contributed by atoms with Crippen LogP contribution in [0.25, 0.3) is 0 Å². The van der Waals surface area contributed by atoms with E-state index in [9.17, 15) is 0 Å². The van der Waals surface area contributed by atoms with E-state index >= 15 is 0 Å². The summed E-state index contributed by atoms with van der Waals surface area (Å²) in [6.45, 7) is 2.43. The number of rotatable bonds is 8. The zero-order valence-electron chi connectivity index (χ0n) is 14.1. The summed E-state index contributed by atoms with van der Waals surface area (Å²) in [5, 5.41) is 12.4. The molecule has 0 bridgehead atoms. The van der Waals surface area contributed by atoms with Crippen LogP contribution in [0.2, 0.25) is 5.02 Å². The molecular weight excluding hydrogens is 370 g/mol. The average Bonchev–Trinajstić information content (AvgIpc) is 3.10. The van der Waals surface area contributed by atoms with Crippen LogP contribution in [0.1, 0.15) is 18.1 Å². The summed E-state index contributed by atoms with van der Waals surface area (Å²) < 4.78 is 5.90. The third kappa shape index (κ3) is 5.00. The number of aromatic amines is 1. The van der Waals surface area contributed by atoms with Crippen molar-refractivity contribution < 1.29 is 4.74 Å². The third-order valence-electron chi connectivity index (χ3n) is 3.37. The number of aromatic nitrogens is 3. The zero-order chi connectivity index (χ0) is 18.2. The van der Waals surface area contributed by atoms with Gasteiger partial charge in [0.2, 0.25) is 11.1 Å². The largest absolute Gasteiger partial charge is 0.488 e. The smallest absolute Gasteiger partial charge is 0.240 e. The van der Waals surface area contributed by atoms with Gasteiger partial charge in [0.05, 0.1) is 6.21 Å². The Bertz CT molecular complexity index is 883. The minimum absolute atomic E-state index is 0.387. The summed E-state index contributed by atoms with van der Waals surface area (Å²) >= 11 is 7.73. The molecule has 0 spiro atoms. The number of hydrazone groups is 1. The van der Waals surface area contributed by atoms with Crippen molar-refractivity contribution >= 4 is 35.5 Å². The summed E-state index contributed by atoms with van der Waals surface area (Å²) in [5.41, 5.74) is 4.61. The number of nitrogens with zero attached hydrogens (tertiary/aromatic N) is 3. The number of hydrogen-bond donors (Lipinski definition) is 2. The Morgan fingerprint density at radius 1 is 1.23 bits per heavy atom. The fraction of sp³-hybridized carbons (Fsp3) is 0.167. The lowest BCUT2D eigenvalue weighted by Crippen LogP contribution is -2.00. The second-order valence-electron chi connectivity index (χ2n) is 5.19. The molecule has 8 heteroatoms. The van der Waals surface area contributed by atoms with E-state index < -0.39 is 0 Å². The highest BCUT2D eigenvalue weighted by Crippen LogP contribution is 2.21. The summed E-state index contributed by atoms with van der Waals surface area (Å²) in [6.07, 6.45) is 1.68. The predicted octanol–water partition coefficient (Wildman–Crippen LogP) is 4.60. The van der Waals surface area contributed by atoms with Gasteiger partial charge in [0.25, 0.3) is 0 Å². The van der Waals surface area contributed by atoms with Crippen molar-refractivity contribution in [3.63, 3.8) is 0 Å². The molecule has 0 atom stereocenters. The molecule has 0 aliphatic rings. The minimum Gasteiger partial charge on any atom is -0.488 e. The third-order valence-corrected chi connectivity index (χ3v) is 4.47. The Morgan fingerprint density at radius 2 is 2.04 bits per heavy atom. The zero-order valence-corrected chi connectivity index (χ0v) is 15.7. The van der Waals surface area contributed by atoms with E-state index in [1.807, 2.05) is 55.5 Å². The first-order valence-electron chi connectivity index (χ1n) is 8.05. The van der Waals surface area contributed by atoms with Crippen LogP contribution in [0.15, 0.2) is 58.8 Å². The molecule has 0 amide bonds. The van der Waals surface area contributed by atoms with Gasteiger partial charge in [-0.2, -0.15) is 10.1 Å². The van der Waals surface area contributed by atoms with Gasteiger partial charge in [-0.05, 0) is 24.0 Å². The van der Waals surface area contributed by atoms with E-state index in [1.165, 1.54) is 0 Å². The molecule has 0 radical (unpaired) electrons. The number of halogens is 1. The molecule has 0 aliphatic carbocycles. The van der Waals surface area contributed by atoms with E-state index in [2.05, 4.69) is 25.7 Å². The second kappa shape index (κ2) is 9.26. The Hall–Kier alpha value is -2.51. The van der Waals surface area contributed by atoms with Crippen molar-refractivity contribution in [2.75, 3.05) is 11.2 Å². The van der Waals surface area contributed by atoms with Gasteiger partial charge in [-0.15, -0.1) is 5.10 Å². The van der Waals surface area contributed by atoms with Gasteiger partial charge in [-0.25, -0.2) is 10.5 Å². The molecule has 26 heavy (non-hydrogen) atoms. The van der Waals surface area contributed by atoms with E-state index in [0.717, 1.165) is 22.6 Å². The number of benzene rings is 2. The van der Waals surface area contributed by atoms with Crippen molar-refractivity contribution in [2.45, 2.75) is 18.7 Å². The van der Waals surface area contributed by atoms with Crippen LogP contribution in [0.3, 0.4) is 0 Å². The van der Waals surface area contributed by atoms with Crippen LogP contribution in [-0.2, 0) is 6.61 Å². The Balaban J connectivity index is 1.63. The highest BCUT2D eigenvalue weighted by molar-refractivity contribution is 7.99. The second-order valence-corrected chi connectivity index (χ2v) is 6.83. The lowest BCUT2D eigenvalue weighted by atomic mass is 10.2. The van der Waals surface area contributed by atoms with Crippen LogP contribution in [0.4, 0.5) is 5.95 Å². The summed E-state index contributed by atoms with van der Waals surface area (Å²) in [5.74, 6) is 2.13. The van der Waals surface area contributed by atoms with Crippen LogP contribution in [-0.4, -0.2) is 27.1 Å². The topological polar surface area (TPSA) is 75.2 Å². The summed E-state index contributed by atoms with van der Waals surface area (Å²) in [6, 6.07) is 15.3. The highest BCUT2D eigenvalue weighted by atomic mass is 35.5. The summed E-state index contributed by atoms with van der Waals surface area (Å²) in [4.78, 5) is 4.26. The van der Waals surface area contributed by atoms with Gasteiger partial charge in [0.1, 0.15) is 12.4 Å². The van der Waals surface area contributed by atoms with Gasteiger partial charge >= 0.3 is 0 Å². The number of nitrogens with one attached hydrogen (secondary N) is 2. The first kappa shape index (κ1) is 18.3. The molecule has 2 aromatic carbocycles. The molecule has 2 N–H and O–H groups in total. The molecule has 0 aliphatic heterocycles. The van der Waals surface area contributed by atoms with E-state index in [0.29, 0.717) is 22.7 Å². The molecule has 134 valence electrons. The molecule has 3 rings (SSSR count). The van der Waals surface area contributed by atoms with Crippen LogP contribution < -0.4 is 10.2 Å². The fourth-order valence-corrected chi connectivity index (χ4v) is 2.86. The quantitative estimate of drug-likeness (QED) is 0.336. The normalized spacial score (nSPS) is 11.0. The van der Waals surface area contributed by atoms with E-state index in [4.69, 9.17) is 16.3 Å². The number of hydrogen-bond acceptors (Lipinski definition) is 6. The van der Waals surface area contributed by atoms with Crippen molar-refractivity contribution in [3.05, 3.63) is 64.7 Å². The van der Waals surface area contributed by atoms with Gasteiger partial charge in [-0.1, -0.05) is 60.6 Å². The van der Waals surface area contributed by atoms with E-state index in [-0.39, 0.29) is 0 Å². The summed E-state index contributed by atoms with van der Waals surface area (Å²) in [7, 11) is 0. The fourth-order valence-electron chi connectivity index (χ4n) is 2.14. The number of thioether (sulfide) groups is 1. The van der Waals surface area contributed by atoms with Crippen LogP contribution in [0.5, 0.6) is 5.75 Å². The molecule has 1 aromatic heterocycles. The first-order chi connectivity index (χ1) is 12.8. The lowest BCUT2D eigenvalue weighted by Gasteiger charge is -2.10. The Labute approximate surface area is 161 Å². The maximum Gasteiger partial charge on any atom is 0.240 e. The maximum atomic E-state index is 6.17. The molecule has 0 unspecified atom stereocenters. The van der Waals surface area contributed by atoms with Crippen molar-refractivity contribution in [3.8, 4) is 5.75 Å². The van der Waals surface area contributed by atoms with Crippen LogP contribution in [0, 0.1) is 0 Å². The van der Waals surface area contributed by atoms with Gasteiger partial charge in [0.15, 0.2) is 0 Å². The van der Waals surface area contributed by atoms with Crippen molar-refractivity contribution in [2.24, 2.45) is 5.10 Å². The van der Waals surface area contributed by atoms with Gasteiger partial charge in [0, 0.05) is 16.1 Å². The lowest BCUT2D eigenvalue weighted by molar-refractivity contribution is 0.306. The average molecular weight is 388 g/mol. The number of H-pyrrole nitrogens is 1. The first-order valence-corrected chi connectivity index (χ1v) is 9.42. The highest BCUT2D eigenvalue weighted by Gasteiger charge is 2.04. The Kier molecular flexibility index (Phi) is 6.51. The molecule has 0 saturated heterocycles. The SMILES string of the molecule is CCSc1n[nH]c(NN=Cc2ccccc2OCc2ccccc2Cl)n1. The van der Waals surface area contributed by atoms with Crippen molar-refractivity contribution in [1.82, 2.24) is 15.2 Å². The minimum atomic E-state index is 0.387. The molecule has 3 aromatic rings. The van der Waals surface area contributed by atoms with Crippen LogP contribution >= 0.6 is 23.4 Å². The van der Waals surface area contributed by atoms with Gasteiger partial charge in [-0.3, -0.25) is 0 Å². The van der Waals surface area contributed by atoms with Crippen molar-refractivity contribution in [1.29, 1.82) is 0 Å². The number of para-hydroxylation sites is 1. The maximum absolute atomic E-state index is 6.17. The number of ether oxygens (including phenoxy) is 1. The molecule has 6 nitrogen and oxygen atoms in total.